The molecule has 2 bridgehead atoms. The first-order valence-electron chi connectivity index (χ1n) is 27.6. The van der Waals surface area contributed by atoms with Crippen molar-refractivity contribution in [2.75, 3.05) is 89.6 Å². The molecule has 17 nitrogen and oxygen atoms in total. The van der Waals surface area contributed by atoms with Crippen LogP contribution in [0.1, 0.15) is 115 Å². The lowest BCUT2D eigenvalue weighted by atomic mass is 9.79. The number of ketones is 3. The van der Waals surface area contributed by atoms with Crippen LogP contribution in [0, 0.1) is 24.6 Å². The SMILES string of the molecule is CN[C@H](C)C(=O)C[C@@H](C(=O)N1CCC[C@@H]1C1=NC(C(=O)c2ccc(C)cc2)CS1)C1CCN(CCOCCOCCC(=O)CCCn2cc3c(n2)CN(C)C(=O)c2ccc(F)cc2[C@H]2CCCN2c2cc-3cnc2N)CC1. The number of thioether (sulfide) groups is 1. The van der Waals surface area contributed by atoms with E-state index in [0.717, 1.165) is 85.6 Å². The zero-order valence-electron chi connectivity index (χ0n) is 45.1. The number of benzene rings is 2. The monoisotopic (exact) mass is 1070 g/mol. The summed E-state index contributed by atoms with van der Waals surface area (Å²) in [6, 6.07) is 12.8. The van der Waals surface area contributed by atoms with Crippen LogP contribution in [-0.4, -0.2) is 161 Å². The van der Waals surface area contributed by atoms with Gasteiger partial charge in [-0.2, -0.15) is 5.10 Å². The molecule has 0 spiro atoms. The van der Waals surface area contributed by atoms with Gasteiger partial charge >= 0.3 is 0 Å². The van der Waals surface area contributed by atoms with E-state index in [0.29, 0.717) is 99.3 Å². The predicted molar refractivity (Wildman–Crippen MR) is 297 cm³/mol. The highest BCUT2D eigenvalue weighted by Gasteiger charge is 2.43. The third-order valence-corrected chi connectivity index (χ3v) is 17.4. The fourth-order valence-corrected chi connectivity index (χ4v) is 12.8. The van der Waals surface area contributed by atoms with E-state index in [9.17, 15) is 28.4 Å². The predicted octanol–water partition coefficient (Wildman–Crippen LogP) is 6.96. The Labute approximate surface area is 455 Å². The summed E-state index contributed by atoms with van der Waals surface area (Å²) in [5.41, 5.74) is 12.4. The summed E-state index contributed by atoms with van der Waals surface area (Å²) in [5, 5.41) is 8.81. The molecule has 2 aromatic heterocycles. The number of hydrogen-bond acceptors (Lipinski definition) is 15. The molecular formula is C58H75FN10O7S. The Morgan fingerprint density at radius 1 is 0.896 bits per heavy atom. The van der Waals surface area contributed by atoms with Crippen LogP contribution in [-0.2, 0) is 36.9 Å². The zero-order chi connectivity index (χ0) is 54.2. The van der Waals surface area contributed by atoms with Crippen LogP contribution < -0.4 is 16.0 Å². The molecule has 2 amide bonds. The molecule has 3 N–H and O–H groups in total. The molecule has 4 aromatic rings. The highest BCUT2D eigenvalue weighted by atomic mass is 32.2. The van der Waals surface area contributed by atoms with E-state index in [-0.39, 0.29) is 66.2 Å². The van der Waals surface area contributed by atoms with Gasteiger partial charge in [0.05, 0.1) is 67.5 Å². The van der Waals surface area contributed by atoms with Gasteiger partial charge in [0, 0.05) is 98.8 Å². The van der Waals surface area contributed by atoms with Crippen molar-refractivity contribution in [2.24, 2.45) is 16.8 Å². The summed E-state index contributed by atoms with van der Waals surface area (Å²) in [4.78, 5) is 85.7. The average Bonchev–Trinajstić information content (AvgIpc) is 4.30. The van der Waals surface area contributed by atoms with Gasteiger partial charge in [0.1, 0.15) is 29.2 Å². The number of ether oxygens (including phenoxy) is 2. The van der Waals surface area contributed by atoms with Crippen LogP contribution in [0.4, 0.5) is 15.9 Å². The molecule has 412 valence electrons. The van der Waals surface area contributed by atoms with Gasteiger partial charge < -0.3 is 40.1 Å². The number of nitrogens with one attached hydrogen (secondary N) is 1. The van der Waals surface area contributed by atoms with Crippen LogP contribution in [0.3, 0.4) is 0 Å². The number of likely N-dealkylation sites (tertiary alicyclic amines) is 2. The van der Waals surface area contributed by atoms with E-state index in [1.165, 1.54) is 12.1 Å². The lowest BCUT2D eigenvalue weighted by Crippen LogP contribution is -2.48. The molecule has 7 heterocycles. The summed E-state index contributed by atoms with van der Waals surface area (Å²) < 4.78 is 28.2. The summed E-state index contributed by atoms with van der Waals surface area (Å²) >= 11 is 1.59. The molecular weight excluding hydrogens is 1000 g/mol. The Morgan fingerprint density at radius 3 is 2.43 bits per heavy atom. The number of carbonyl (C=O) groups excluding carboxylic acids is 5. The van der Waals surface area contributed by atoms with Crippen LogP contribution in [0.15, 0.2) is 65.9 Å². The molecule has 19 heteroatoms. The number of aliphatic imine (C=N–C) groups is 1. The molecule has 1 unspecified atom stereocenters. The number of fused-ring (bicyclic) bond motifs is 8. The lowest BCUT2D eigenvalue weighted by molar-refractivity contribution is -0.141. The van der Waals surface area contributed by atoms with Crippen molar-refractivity contribution in [1.82, 2.24) is 34.8 Å². The largest absolute Gasteiger partial charge is 0.382 e. The number of halogens is 1. The molecule has 5 aliphatic rings. The number of rotatable bonds is 22. The van der Waals surface area contributed by atoms with Crippen molar-refractivity contribution in [3.63, 3.8) is 0 Å². The Morgan fingerprint density at radius 2 is 1.65 bits per heavy atom. The van der Waals surface area contributed by atoms with Crippen molar-refractivity contribution in [3.8, 4) is 11.1 Å². The van der Waals surface area contributed by atoms with E-state index in [4.69, 9.17) is 25.3 Å². The van der Waals surface area contributed by atoms with E-state index in [1.54, 1.807) is 43.0 Å². The number of Topliss-reactive ketones (excluding diaryl/α,β-unsaturated/α-hetero) is 3. The van der Waals surface area contributed by atoms with Crippen molar-refractivity contribution in [1.29, 1.82) is 0 Å². The van der Waals surface area contributed by atoms with Gasteiger partial charge in [0.2, 0.25) is 5.91 Å². The number of pyridine rings is 1. The van der Waals surface area contributed by atoms with Crippen LogP contribution in [0.5, 0.6) is 0 Å². The Balaban J connectivity index is 0.694. The first kappa shape index (κ1) is 55.9. The lowest BCUT2D eigenvalue weighted by Gasteiger charge is -2.38. The number of hydrogen-bond donors (Lipinski definition) is 2. The number of nitrogens with two attached hydrogens (primary N) is 1. The van der Waals surface area contributed by atoms with Crippen molar-refractivity contribution in [3.05, 3.63) is 94.7 Å². The number of amides is 2. The van der Waals surface area contributed by atoms with Gasteiger partial charge in [-0.05, 0) is 115 Å². The highest BCUT2D eigenvalue weighted by Crippen LogP contribution is 2.42. The topological polar surface area (TPSA) is 198 Å². The summed E-state index contributed by atoms with van der Waals surface area (Å²) in [7, 11) is 3.50. The Bertz CT molecular complexity index is 2800. The molecule has 5 aliphatic heterocycles. The minimum absolute atomic E-state index is 0.00830. The molecule has 77 heavy (non-hydrogen) atoms. The van der Waals surface area contributed by atoms with Gasteiger partial charge in [-0.15, -0.1) is 11.8 Å². The van der Waals surface area contributed by atoms with Gasteiger partial charge in [-0.25, -0.2) is 9.37 Å². The molecule has 2 aromatic carbocycles. The second-order valence-corrected chi connectivity index (χ2v) is 22.5. The Kier molecular flexibility index (Phi) is 18.7. The van der Waals surface area contributed by atoms with Crippen LogP contribution in [0.2, 0.25) is 0 Å². The minimum atomic E-state index is -0.461. The molecule has 3 fully saturated rings. The fraction of sp³-hybridized carbons (Fsp3) is 0.552. The molecule has 0 saturated carbocycles. The van der Waals surface area contributed by atoms with E-state index < -0.39 is 17.8 Å². The molecule has 9 rings (SSSR count). The van der Waals surface area contributed by atoms with Crippen molar-refractivity contribution >= 4 is 57.5 Å². The maximum absolute atomic E-state index is 14.7. The van der Waals surface area contributed by atoms with Crippen molar-refractivity contribution in [2.45, 2.75) is 115 Å². The summed E-state index contributed by atoms with van der Waals surface area (Å²) in [6.07, 6.45) is 9.99. The number of nitrogen functional groups attached to an aromatic ring is 1. The number of likely N-dealkylation sites (N-methyl/N-ethyl adjacent to an activating group) is 1. The second-order valence-electron chi connectivity index (χ2n) is 21.4. The van der Waals surface area contributed by atoms with E-state index in [2.05, 4.69) is 20.1 Å². The number of nitrogens with zero attached hydrogens (tertiary/aromatic N) is 8. The minimum Gasteiger partial charge on any atom is -0.382 e. The highest BCUT2D eigenvalue weighted by molar-refractivity contribution is 8.14. The maximum Gasteiger partial charge on any atom is 0.254 e. The first-order chi connectivity index (χ1) is 37.3. The van der Waals surface area contributed by atoms with Gasteiger partial charge in [-0.1, -0.05) is 29.8 Å². The van der Waals surface area contributed by atoms with Crippen LogP contribution in [0.25, 0.3) is 11.1 Å². The molecule has 0 radical (unpaired) electrons. The average molecular weight is 1080 g/mol. The number of carbonyl (C=O) groups is 5. The number of piperidine rings is 1. The Hall–Kier alpha value is -5.86. The molecule has 0 aliphatic carbocycles. The third-order valence-electron chi connectivity index (χ3n) is 16.2. The normalized spacial score (nSPS) is 20.7. The molecule has 3 saturated heterocycles. The van der Waals surface area contributed by atoms with Crippen molar-refractivity contribution < 1.29 is 37.8 Å². The summed E-state index contributed by atoms with van der Waals surface area (Å²) in [6.45, 7) is 9.86. The first-order valence-corrected chi connectivity index (χ1v) is 28.6. The number of aromatic nitrogens is 3. The zero-order valence-corrected chi connectivity index (χ0v) is 45.9. The smallest absolute Gasteiger partial charge is 0.254 e. The fourth-order valence-electron chi connectivity index (χ4n) is 11.6. The quantitative estimate of drug-likeness (QED) is 0.0605. The van der Waals surface area contributed by atoms with Gasteiger partial charge in [0.15, 0.2) is 5.78 Å². The summed E-state index contributed by atoms with van der Waals surface area (Å²) in [5.74, 6) is 0.158. The third kappa shape index (κ3) is 13.4. The van der Waals surface area contributed by atoms with Crippen LogP contribution >= 0.6 is 11.8 Å². The number of aryl methyl sites for hydroxylation is 2. The number of anilines is 2. The maximum atomic E-state index is 14.7. The molecule has 5 atom stereocenters. The second kappa shape index (κ2) is 25.7. The van der Waals surface area contributed by atoms with E-state index in [1.807, 2.05) is 60.0 Å². The van der Waals surface area contributed by atoms with Gasteiger partial charge in [0.25, 0.3) is 5.91 Å². The van der Waals surface area contributed by atoms with Gasteiger partial charge in [-0.3, -0.25) is 33.6 Å². The standard InChI is InChI=1S/C58H75FN10O7S/c1-37-11-13-40(14-12-37)54(72)49-36-77-56(63-49)51-10-7-22-69(51)58(74)45(32-53(71)38(2)61-3)39-17-23-66(24-18-39)25-27-76-29-28-75-26-19-43(70)8-5-20-67-34-47-41-30-52(55(60)62-33-41)68-21-6-9-50(68)46-31-42(59)15-16-44(46)57(73)65(4)35-48(47)64-67/h11-16,30-31,33-34,38-39,45,49-51,61H,5-10,17-29,32,35-36H2,1-4H3,(H2,60,62)/t38-,45-,49?,50-,51-/m1/s1. The van der Waals surface area contributed by atoms with E-state index >= 15 is 0 Å².